The lowest BCUT2D eigenvalue weighted by molar-refractivity contribution is 0.670. The fraction of sp³-hybridized carbons (Fsp3) is 0.0182. The molecule has 0 unspecified atom stereocenters. The van der Waals surface area contributed by atoms with E-state index in [1.165, 1.54) is 38.9 Å². The van der Waals surface area contributed by atoms with Crippen molar-refractivity contribution in [3.8, 4) is 33.4 Å². The molecule has 0 saturated carbocycles. The number of furan rings is 1. The van der Waals surface area contributed by atoms with E-state index in [0.29, 0.717) is 0 Å². The number of benzene rings is 9. The monoisotopic (exact) mass is 727 g/mol. The smallest absolute Gasteiger partial charge is 0.143 e. The van der Waals surface area contributed by atoms with Gasteiger partial charge >= 0.3 is 0 Å². The molecule has 0 atom stereocenters. The Hall–Kier alpha value is -7.42. The van der Waals surface area contributed by atoms with Gasteiger partial charge in [0.2, 0.25) is 0 Å². The molecule has 11 rings (SSSR count). The number of hydrogen-bond acceptors (Lipinski definition) is 2. The fourth-order valence-corrected chi connectivity index (χ4v) is 9.31. The van der Waals surface area contributed by atoms with Crippen LogP contribution in [-0.2, 0) is 5.41 Å². The molecule has 0 bridgehead atoms. The average molecular weight is 728 g/mol. The number of hydrogen-bond donors (Lipinski definition) is 0. The van der Waals surface area contributed by atoms with Crippen molar-refractivity contribution >= 4 is 39.0 Å². The third-order valence-electron chi connectivity index (χ3n) is 11.8. The van der Waals surface area contributed by atoms with E-state index in [1.807, 2.05) is 12.1 Å². The minimum absolute atomic E-state index is 0.510. The van der Waals surface area contributed by atoms with E-state index in [4.69, 9.17) is 4.42 Å². The molecule has 0 N–H and O–H groups in total. The Morgan fingerprint density at radius 3 is 1.65 bits per heavy atom. The molecule has 0 saturated heterocycles. The van der Waals surface area contributed by atoms with Gasteiger partial charge in [0.15, 0.2) is 0 Å². The van der Waals surface area contributed by atoms with Crippen molar-refractivity contribution in [2.75, 3.05) is 4.90 Å². The standard InChI is InChI=1S/C55H37NO/c1-3-17-38(18-4-1)44-23-9-13-31-52(44)56(42-35-33-39(34-36-42)45-27-16-28-49-48-26-10-14-32-53(48)57-54(45)49)43-22-15-21-41(37-43)55(40-19-5-2-6-20-40)50-29-11-7-24-46(50)47-25-8-12-30-51(47)55/h1-37H. The van der Waals surface area contributed by atoms with Gasteiger partial charge in [-0.3, -0.25) is 0 Å². The topological polar surface area (TPSA) is 16.4 Å². The second-order valence-corrected chi connectivity index (χ2v) is 14.8. The van der Waals surface area contributed by atoms with Gasteiger partial charge < -0.3 is 9.32 Å². The first-order chi connectivity index (χ1) is 28.3. The summed E-state index contributed by atoms with van der Waals surface area (Å²) in [6.45, 7) is 0. The first-order valence-corrected chi connectivity index (χ1v) is 19.6. The Kier molecular flexibility index (Phi) is 7.75. The lowest BCUT2D eigenvalue weighted by Gasteiger charge is -2.35. The highest BCUT2D eigenvalue weighted by Gasteiger charge is 2.46. The highest BCUT2D eigenvalue weighted by molar-refractivity contribution is 6.09. The second kappa shape index (κ2) is 13.4. The van der Waals surface area contributed by atoms with E-state index in [9.17, 15) is 0 Å². The molecule has 1 aliphatic carbocycles. The van der Waals surface area contributed by atoms with Gasteiger partial charge in [0, 0.05) is 33.3 Å². The van der Waals surface area contributed by atoms with Crippen LogP contribution in [0, 0.1) is 0 Å². The molecule has 2 nitrogen and oxygen atoms in total. The number of anilines is 3. The van der Waals surface area contributed by atoms with Crippen LogP contribution in [0.1, 0.15) is 22.3 Å². The summed E-state index contributed by atoms with van der Waals surface area (Å²) in [4.78, 5) is 2.42. The van der Waals surface area contributed by atoms with Crippen molar-refractivity contribution in [1.82, 2.24) is 0 Å². The zero-order valence-corrected chi connectivity index (χ0v) is 31.2. The number of para-hydroxylation sites is 3. The average Bonchev–Trinajstić information content (AvgIpc) is 3.82. The summed E-state index contributed by atoms with van der Waals surface area (Å²) in [6, 6.07) is 81.2. The zero-order chi connectivity index (χ0) is 37.8. The van der Waals surface area contributed by atoms with Gasteiger partial charge in [-0.05, 0) is 80.9 Å². The van der Waals surface area contributed by atoms with Crippen LogP contribution >= 0.6 is 0 Å². The lowest BCUT2D eigenvalue weighted by atomic mass is 9.67. The minimum Gasteiger partial charge on any atom is -0.455 e. The predicted octanol–water partition coefficient (Wildman–Crippen LogP) is 14.8. The van der Waals surface area contributed by atoms with Crippen LogP contribution in [0.3, 0.4) is 0 Å². The highest BCUT2D eigenvalue weighted by atomic mass is 16.3. The van der Waals surface area contributed by atoms with Gasteiger partial charge in [-0.1, -0.05) is 188 Å². The molecule has 1 aromatic heterocycles. The van der Waals surface area contributed by atoms with E-state index in [-0.39, 0.29) is 0 Å². The van der Waals surface area contributed by atoms with Crippen LogP contribution in [0.5, 0.6) is 0 Å². The number of nitrogens with zero attached hydrogens (tertiary/aromatic N) is 1. The fourth-order valence-electron chi connectivity index (χ4n) is 9.31. The summed E-state index contributed by atoms with van der Waals surface area (Å²) < 4.78 is 6.47. The van der Waals surface area contributed by atoms with E-state index >= 15 is 0 Å². The van der Waals surface area contributed by atoms with E-state index < -0.39 is 5.41 Å². The maximum absolute atomic E-state index is 6.47. The van der Waals surface area contributed by atoms with E-state index in [2.05, 4.69) is 217 Å². The Labute approximate surface area is 332 Å². The van der Waals surface area contributed by atoms with E-state index in [0.717, 1.165) is 55.7 Å². The van der Waals surface area contributed by atoms with Crippen LogP contribution in [0.4, 0.5) is 17.1 Å². The molecule has 0 radical (unpaired) electrons. The van der Waals surface area contributed by atoms with Crippen molar-refractivity contribution in [1.29, 1.82) is 0 Å². The van der Waals surface area contributed by atoms with Crippen LogP contribution in [-0.4, -0.2) is 0 Å². The summed E-state index contributed by atoms with van der Waals surface area (Å²) in [5, 5.41) is 2.26. The van der Waals surface area contributed by atoms with Crippen molar-refractivity contribution in [2.24, 2.45) is 0 Å². The summed E-state index contributed by atoms with van der Waals surface area (Å²) in [7, 11) is 0. The molecule has 1 aliphatic rings. The van der Waals surface area contributed by atoms with Crippen LogP contribution < -0.4 is 4.90 Å². The highest BCUT2D eigenvalue weighted by Crippen LogP contribution is 2.56. The molecular formula is C55H37NO. The van der Waals surface area contributed by atoms with Crippen molar-refractivity contribution in [3.05, 3.63) is 247 Å². The van der Waals surface area contributed by atoms with Gasteiger partial charge in [0.1, 0.15) is 11.2 Å². The molecular weight excluding hydrogens is 691 g/mol. The van der Waals surface area contributed by atoms with Crippen molar-refractivity contribution in [3.63, 3.8) is 0 Å². The van der Waals surface area contributed by atoms with Crippen LogP contribution in [0.15, 0.2) is 229 Å². The summed E-state index contributed by atoms with van der Waals surface area (Å²) in [6.07, 6.45) is 0. The van der Waals surface area contributed by atoms with Gasteiger partial charge in [0.25, 0.3) is 0 Å². The zero-order valence-electron chi connectivity index (χ0n) is 31.2. The summed E-state index contributed by atoms with van der Waals surface area (Å²) in [5.74, 6) is 0. The quantitative estimate of drug-likeness (QED) is 0.163. The predicted molar refractivity (Wildman–Crippen MR) is 237 cm³/mol. The molecule has 0 amide bonds. The Balaban J connectivity index is 1.12. The normalized spacial score (nSPS) is 12.7. The maximum atomic E-state index is 6.47. The minimum atomic E-state index is -0.510. The molecule has 1 heterocycles. The first-order valence-electron chi connectivity index (χ1n) is 19.6. The molecule has 57 heavy (non-hydrogen) atoms. The molecule has 268 valence electrons. The summed E-state index contributed by atoms with van der Waals surface area (Å²) >= 11 is 0. The lowest BCUT2D eigenvalue weighted by Crippen LogP contribution is -2.28. The molecule has 0 aliphatic heterocycles. The van der Waals surface area contributed by atoms with E-state index in [1.54, 1.807) is 0 Å². The Morgan fingerprint density at radius 2 is 0.895 bits per heavy atom. The second-order valence-electron chi connectivity index (χ2n) is 14.8. The third-order valence-corrected chi connectivity index (χ3v) is 11.8. The molecule has 0 fully saturated rings. The number of rotatable bonds is 7. The van der Waals surface area contributed by atoms with Gasteiger partial charge in [0.05, 0.1) is 11.1 Å². The molecule has 0 spiro atoms. The van der Waals surface area contributed by atoms with Crippen LogP contribution in [0.25, 0.3) is 55.3 Å². The SMILES string of the molecule is c1ccc(-c2ccccc2N(c2ccc(-c3cccc4c3oc3ccccc34)cc2)c2cccc(C3(c4ccccc4)c4ccccc4-c4ccccc43)c2)cc1. The summed E-state index contributed by atoms with van der Waals surface area (Å²) in [5.41, 5.74) is 16.7. The Morgan fingerprint density at radius 1 is 0.351 bits per heavy atom. The van der Waals surface area contributed by atoms with Crippen LogP contribution in [0.2, 0.25) is 0 Å². The van der Waals surface area contributed by atoms with Crippen molar-refractivity contribution in [2.45, 2.75) is 5.41 Å². The number of fused-ring (bicyclic) bond motifs is 6. The maximum Gasteiger partial charge on any atom is 0.143 e. The molecule has 2 heteroatoms. The molecule has 10 aromatic rings. The van der Waals surface area contributed by atoms with Gasteiger partial charge in [-0.15, -0.1) is 0 Å². The van der Waals surface area contributed by atoms with Gasteiger partial charge in [-0.2, -0.15) is 0 Å². The van der Waals surface area contributed by atoms with Gasteiger partial charge in [-0.25, -0.2) is 0 Å². The largest absolute Gasteiger partial charge is 0.455 e. The Bertz CT molecular complexity index is 3020. The van der Waals surface area contributed by atoms with Crippen molar-refractivity contribution < 1.29 is 4.42 Å². The first kappa shape index (κ1) is 33.0. The third kappa shape index (κ3) is 5.18. The molecule has 9 aromatic carbocycles.